The first-order valence-electron chi connectivity index (χ1n) is 7.04. The van der Waals surface area contributed by atoms with Gasteiger partial charge in [-0.25, -0.2) is 4.79 Å². The maximum absolute atomic E-state index is 11.1. The summed E-state index contributed by atoms with van der Waals surface area (Å²) in [6.07, 6.45) is 3.03. The summed E-state index contributed by atoms with van der Waals surface area (Å²) < 4.78 is 10.2. The first-order chi connectivity index (χ1) is 9.71. The molecule has 0 saturated carbocycles. The fourth-order valence-corrected chi connectivity index (χ4v) is 2.35. The van der Waals surface area contributed by atoms with Crippen LogP contribution in [0.2, 0.25) is 0 Å². The van der Waals surface area contributed by atoms with Gasteiger partial charge in [-0.05, 0) is 43.5 Å². The Morgan fingerprint density at radius 3 is 2.70 bits per heavy atom. The monoisotopic (exact) mass is 278 g/mol. The summed E-state index contributed by atoms with van der Waals surface area (Å²) in [5.74, 6) is 0. The van der Waals surface area contributed by atoms with Gasteiger partial charge < -0.3 is 14.8 Å². The molecule has 1 heterocycles. The molecule has 2 N–H and O–H groups in total. The van der Waals surface area contributed by atoms with E-state index < -0.39 is 6.09 Å². The van der Waals surface area contributed by atoms with E-state index >= 15 is 0 Å². The Hall–Kier alpha value is -1.75. The minimum atomic E-state index is -0.457. The van der Waals surface area contributed by atoms with Crippen molar-refractivity contribution in [1.82, 2.24) is 0 Å². The quantitative estimate of drug-likeness (QED) is 0.887. The predicted molar refractivity (Wildman–Crippen MR) is 79.1 cm³/mol. The Morgan fingerprint density at radius 1 is 1.35 bits per heavy atom. The summed E-state index contributed by atoms with van der Waals surface area (Å²) in [4.78, 5) is 11.1. The maximum Gasteiger partial charge on any atom is 0.411 e. The van der Waals surface area contributed by atoms with Crippen LogP contribution in [0.4, 0.5) is 16.2 Å². The molecule has 2 atom stereocenters. The van der Waals surface area contributed by atoms with E-state index in [0.717, 1.165) is 37.2 Å². The fourth-order valence-electron chi connectivity index (χ4n) is 2.35. The van der Waals surface area contributed by atoms with Crippen LogP contribution in [0.15, 0.2) is 24.3 Å². The van der Waals surface area contributed by atoms with E-state index in [1.165, 1.54) is 7.11 Å². The molecule has 0 bridgehead atoms. The molecule has 1 fully saturated rings. The SMILES string of the molecule is CCC1CC(Nc2ccc(NC(=O)OC)cc2)CCO1. The normalized spacial score (nSPS) is 22.1. The van der Waals surface area contributed by atoms with Crippen molar-refractivity contribution >= 4 is 17.5 Å². The van der Waals surface area contributed by atoms with Gasteiger partial charge in [0.1, 0.15) is 0 Å². The first-order valence-corrected chi connectivity index (χ1v) is 7.04. The second kappa shape index (κ2) is 7.14. The zero-order valence-electron chi connectivity index (χ0n) is 12.0. The van der Waals surface area contributed by atoms with E-state index in [2.05, 4.69) is 22.3 Å². The molecule has 5 heteroatoms. The summed E-state index contributed by atoms with van der Waals surface area (Å²) >= 11 is 0. The average molecular weight is 278 g/mol. The molecule has 1 amide bonds. The standard InChI is InChI=1S/C15H22N2O3/c1-3-14-10-13(8-9-20-14)16-11-4-6-12(7-5-11)17-15(18)19-2/h4-7,13-14,16H,3,8-10H2,1-2H3,(H,17,18). The van der Waals surface area contributed by atoms with Crippen LogP contribution in [-0.4, -0.2) is 32.0 Å². The van der Waals surface area contributed by atoms with Gasteiger partial charge in [-0.1, -0.05) is 6.92 Å². The van der Waals surface area contributed by atoms with Crippen molar-refractivity contribution in [3.63, 3.8) is 0 Å². The van der Waals surface area contributed by atoms with Gasteiger partial charge in [0.2, 0.25) is 0 Å². The van der Waals surface area contributed by atoms with Crippen LogP contribution in [-0.2, 0) is 9.47 Å². The van der Waals surface area contributed by atoms with Crippen LogP contribution in [0, 0.1) is 0 Å². The minimum Gasteiger partial charge on any atom is -0.453 e. The third-order valence-electron chi connectivity index (χ3n) is 3.51. The molecule has 0 aromatic heterocycles. The molecule has 0 radical (unpaired) electrons. The van der Waals surface area contributed by atoms with E-state index in [4.69, 9.17) is 4.74 Å². The fraction of sp³-hybridized carbons (Fsp3) is 0.533. The highest BCUT2D eigenvalue weighted by molar-refractivity contribution is 5.84. The van der Waals surface area contributed by atoms with E-state index in [9.17, 15) is 4.79 Å². The lowest BCUT2D eigenvalue weighted by atomic mass is 10.0. The van der Waals surface area contributed by atoms with Crippen LogP contribution >= 0.6 is 0 Å². The summed E-state index contributed by atoms with van der Waals surface area (Å²) in [7, 11) is 1.35. The number of amides is 1. The zero-order chi connectivity index (χ0) is 14.4. The molecule has 2 unspecified atom stereocenters. The summed E-state index contributed by atoms with van der Waals surface area (Å²) in [5, 5.41) is 6.15. The molecule has 1 aliphatic rings. The second-order valence-electron chi connectivity index (χ2n) is 4.96. The highest BCUT2D eigenvalue weighted by atomic mass is 16.5. The Labute approximate surface area is 119 Å². The predicted octanol–water partition coefficient (Wildman–Crippen LogP) is 3.23. The number of ether oxygens (including phenoxy) is 2. The van der Waals surface area contributed by atoms with Crippen molar-refractivity contribution in [3.05, 3.63) is 24.3 Å². The number of hydrogen-bond donors (Lipinski definition) is 2. The molecular formula is C15H22N2O3. The number of carbonyl (C=O) groups is 1. The van der Waals surface area contributed by atoms with Gasteiger partial charge in [0.05, 0.1) is 13.2 Å². The molecule has 0 aliphatic carbocycles. The minimum absolute atomic E-state index is 0.363. The van der Waals surface area contributed by atoms with Gasteiger partial charge in [0, 0.05) is 24.0 Å². The van der Waals surface area contributed by atoms with Gasteiger partial charge in [-0.15, -0.1) is 0 Å². The lowest BCUT2D eigenvalue weighted by Crippen LogP contribution is -2.33. The number of nitrogens with one attached hydrogen (secondary N) is 2. The molecular weight excluding hydrogens is 256 g/mol. The van der Waals surface area contributed by atoms with Crippen LogP contribution in [0.3, 0.4) is 0 Å². The molecule has 0 spiro atoms. The molecule has 1 aromatic rings. The van der Waals surface area contributed by atoms with Gasteiger partial charge in [-0.3, -0.25) is 5.32 Å². The third-order valence-corrected chi connectivity index (χ3v) is 3.51. The topological polar surface area (TPSA) is 59.6 Å². The Bertz CT molecular complexity index is 433. The van der Waals surface area contributed by atoms with E-state index in [1.807, 2.05) is 24.3 Å². The van der Waals surface area contributed by atoms with Crippen LogP contribution in [0.5, 0.6) is 0 Å². The third kappa shape index (κ3) is 4.13. The molecule has 1 aliphatic heterocycles. The number of methoxy groups -OCH3 is 1. The average Bonchev–Trinajstić information content (AvgIpc) is 2.49. The number of hydrogen-bond acceptors (Lipinski definition) is 4. The molecule has 20 heavy (non-hydrogen) atoms. The van der Waals surface area contributed by atoms with E-state index in [-0.39, 0.29) is 0 Å². The summed E-state index contributed by atoms with van der Waals surface area (Å²) in [6, 6.07) is 8.09. The van der Waals surface area contributed by atoms with Gasteiger partial charge >= 0.3 is 6.09 Å². The second-order valence-corrected chi connectivity index (χ2v) is 4.96. The smallest absolute Gasteiger partial charge is 0.411 e. The molecule has 110 valence electrons. The van der Waals surface area contributed by atoms with Gasteiger partial charge in [-0.2, -0.15) is 0 Å². The molecule has 1 saturated heterocycles. The van der Waals surface area contributed by atoms with Crippen LogP contribution < -0.4 is 10.6 Å². The highest BCUT2D eigenvalue weighted by Crippen LogP contribution is 2.21. The lowest BCUT2D eigenvalue weighted by molar-refractivity contribution is 0.00925. The molecule has 1 aromatic carbocycles. The Morgan fingerprint density at radius 2 is 2.05 bits per heavy atom. The summed E-state index contributed by atoms with van der Waals surface area (Å²) in [5.41, 5.74) is 1.78. The Balaban J connectivity index is 1.88. The van der Waals surface area contributed by atoms with E-state index in [0.29, 0.717) is 12.1 Å². The Kier molecular flexibility index (Phi) is 5.24. The number of benzene rings is 1. The van der Waals surface area contributed by atoms with Crippen molar-refractivity contribution in [2.75, 3.05) is 24.4 Å². The van der Waals surface area contributed by atoms with Crippen molar-refractivity contribution in [2.45, 2.75) is 38.3 Å². The van der Waals surface area contributed by atoms with Gasteiger partial charge in [0.15, 0.2) is 0 Å². The lowest BCUT2D eigenvalue weighted by Gasteiger charge is -2.30. The van der Waals surface area contributed by atoms with Gasteiger partial charge in [0.25, 0.3) is 0 Å². The first kappa shape index (κ1) is 14.7. The zero-order valence-corrected chi connectivity index (χ0v) is 12.0. The molecule has 5 nitrogen and oxygen atoms in total. The maximum atomic E-state index is 11.1. The van der Waals surface area contributed by atoms with Crippen molar-refractivity contribution in [3.8, 4) is 0 Å². The summed E-state index contributed by atoms with van der Waals surface area (Å²) in [6.45, 7) is 2.97. The number of carbonyl (C=O) groups excluding carboxylic acids is 1. The highest BCUT2D eigenvalue weighted by Gasteiger charge is 2.20. The molecule has 2 rings (SSSR count). The largest absolute Gasteiger partial charge is 0.453 e. The van der Waals surface area contributed by atoms with Crippen LogP contribution in [0.25, 0.3) is 0 Å². The van der Waals surface area contributed by atoms with Crippen molar-refractivity contribution in [1.29, 1.82) is 0 Å². The number of rotatable bonds is 4. The van der Waals surface area contributed by atoms with Crippen molar-refractivity contribution in [2.24, 2.45) is 0 Å². The number of anilines is 2. The van der Waals surface area contributed by atoms with Crippen LogP contribution in [0.1, 0.15) is 26.2 Å². The van der Waals surface area contributed by atoms with E-state index in [1.54, 1.807) is 0 Å². The van der Waals surface area contributed by atoms with Crippen molar-refractivity contribution < 1.29 is 14.3 Å².